The third kappa shape index (κ3) is 3.82. The lowest BCUT2D eigenvalue weighted by atomic mass is 10.1. The molecule has 1 atom stereocenters. The van der Waals surface area contributed by atoms with Crippen LogP contribution in [-0.4, -0.2) is 5.91 Å². The molecule has 110 valence electrons. The summed E-state index contributed by atoms with van der Waals surface area (Å²) < 4.78 is 0. The van der Waals surface area contributed by atoms with E-state index in [1.54, 1.807) is 30.3 Å². The highest BCUT2D eigenvalue weighted by molar-refractivity contribution is 6.35. The van der Waals surface area contributed by atoms with E-state index in [1.165, 1.54) is 6.07 Å². The maximum Gasteiger partial charge on any atom is 0.253 e. The van der Waals surface area contributed by atoms with Gasteiger partial charge >= 0.3 is 0 Å². The normalized spacial score (nSPS) is 12.0. The van der Waals surface area contributed by atoms with Crippen molar-refractivity contribution >= 4 is 46.4 Å². The van der Waals surface area contributed by atoms with Gasteiger partial charge in [-0.25, -0.2) is 0 Å². The van der Waals surface area contributed by atoms with Crippen LogP contribution < -0.4 is 11.1 Å². The summed E-state index contributed by atoms with van der Waals surface area (Å²) in [5.41, 5.74) is 7.26. The number of rotatable bonds is 3. The van der Waals surface area contributed by atoms with E-state index >= 15 is 0 Å². The molecule has 0 heterocycles. The zero-order valence-corrected chi connectivity index (χ0v) is 13.4. The van der Waals surface area contributed by atoms with Crippen LogP contribution in [0.15, 0.2) is 36.4 Å². The average Bonchev–Trinajstić information content (AvgIpc) is 2.37. The van der Waals surface area contributed by atoms with E-state index in [2.05, 4.69) is 5.32 Å². The number of carbonyl (C=O) groups excluding carboxylic acids is 1. The molecule has 2 aromatic rings. The summed E-state index contributed by atoms with van der Waals surface area (Å²) in [6.07, 6.45) is 0. The number of hydrogen-bond donors (Lipinski definition) is 2. The zero-order valence-electron chi connectivity index (χ0n) is 11.2. The van der Waals surface area contributed by atoms with Crippen LogP contribution in [0.5, 0.6) is 0 Å². The van der Waals surface area contributed by atoms with Crippen molar-refractivity contribution in [1.29, 1.82) is 0 Å². The van der Waals surface area contributed by atoms with E-state index in [4.69, 9.17) is 40.5 Å². The van der Waals surface area contributed by atoms with Crippen molar-refractivity contribution in [2.75, 3.05) is 5.73 Å². The summed E-state index contributed by atoms with van der Waals surface area (Å²) in [5, 5.41) is 4.19. The molecule has 6 heteroatoms. The van der Waals surface area contributed by atoms with Crippen LogP contribution in [0.3, 0.4) is 0 Å². The van der Waals surface area contributed by atoms with Gasteiger partial charge in [0.25, 0.3) is 5.91 Å². The van der Waals surface area contributed by atoms with Crippen LogP contribution in [0.2, 0.25) is 15.1 Å². The van der Waals surface area contributed by atoms with Crippen molar-refractivity contribution in [1.82, 2.24) is 5.32 Å². The fourth-order valence-corrected chi connectivity index (χ4v) is 2.77. The fourth-order valence-electron chi connectivity index (χ4n) is 1.92. The maximum atomic E-state index is 12.2. The minimum atomic E-state index is -0.293. The monoisotopic (exact) mass is 342 g/mol. The zero-order chi connectivity index (χ0) is 15.6. The van der Waals surface area contributed by atoms with E-state index in [-0.39, 0.29) is 11.9 Å². The van der Waals surface area contributed by atoms with E-state index in [9.17, 15) is 4.79 Å². The van der Waals surface area contributed by atoms with Crippen molar-refractivity contribution in [3.8, 4) is 0 Å². The summed E-state index contributed by atoms with van der Waals surface area (Å²) in [6.45, 7) is 1.83. The Kier molecular flexibility index (Phi) is 4.99. The lowest BCUT2D eigenvalue weighted by Gasteiger charge is -2.16. The van der Waals surface area contributed by atoms with E-state index in [0.29, 0.717) is 26.3 Å². The molecule has 0 aliphatic carbocycles. The van der Waals surface area contributed by atoms with Gasteiger partial charge in [0, 0.05) is 15.7 Å². The van der Waals surface area contributed by atoms with E-state index in [1.807, 2.05) is 6.92 Å². The third-order valence-corrected chi connectivity index (χ3v) is 3.89. The van der Waals surface area contributed by atoms with Gasteiger partial charge in [0.05, 0.1) is 16.6 Å². The highest BCUT2D eigenvalue weighted by atomic mass is 35.5. The number of nitrogens with one attached hydrogen (secondary N) is 1. The Hall–Kier alpha value is -1.42. The van der Waals surface area contributed by atoms with Gasteiger partial charge in [-0.05, 0) is 42.8 Å². The molecule has 0 radical (unpaired) electrons. The second-order valence-electron chi connectivity index (χ2n) is 4.60. The molecule has 21 heavy (non-hydrogen) atoms. The molecule has 3 N–H and O–H groups in total. The van der Waals surface area contributed by atoms with Crippen molar-refractivity contribution in [3.05, 3.63) is 62.6 Å². The number of halogens is 3. The molecule has 0 saturated heterocycles. The second kappa shape index (κ2) is 6.56. The molecule has 0 aromatic heterocycles. The highest BCUT2D eigenvalue weighted by Crippen LogP contribution is 2.27. The van der Waals surface area contributed by atoms with Gasteiger partial charge in [0.15, 0.2) is 0 Å². The first-order valence-electron chi connectivity index (χ1n) is 6.19. The molecule has 0 bridgehead atoms. The number of hydrogen-bond acceptors (Lipinski definition) is 2. The Morgan fingerprint density at radius 3 is 2.43 bits per heavy atom. The van der Waals surface area contributed by atoms with Gasteiger partial charge in [-0.15, -0.1) is 0 Å². The molecule has 0 aliphatic heterocycles. The fraction of sp³-hybridized carbons (Fsp3) is 0.133. The molecule has 1 amide bonds. The number of anilines is 1. The van der Waals surface area contributed by atoms with E-state index < -0.39 is 0 Å². The average molecular weight is 344 g/mol. The van der Waals surface area contributed by atoms with Crippen molar-refractivity contribution in [2.45, 2.75) is 13.0 Å². The van der Waals surface area contributed by atoms with Crippen LogP contribution >= 0.6 is 34.8 Å². The van der Waals surface area contributed by atoms with Crippen LogP contribution in [0.1, 0.15) is 28.9 Å². The standard InChI is InChI=1S/C15H13Cl3N2O/c1-8(11-4-2-9(16)6-13(11)17)20-15(21)12-5-3-10(19)7-14(12)18/h2-8H,19H2,1H3,(H,20,21). The number of benzene rings is 2. The molecule has 2 rings (SSSR count). The van der Waals surface area contributed by atoms with Crippen molar-refractivity contribution < 1.29 is 4.79 Å². The van der Waals surface area contributed by atoms with Gasteiger partial charge in [-0.3, -0.25) is 4.79 Å². The minimum absolute atomic E-state index is 0.282. The number of nitrogen functional groups attached to an aromatic ring is 1. The number of carbonyl (C=O) groups is 1. The molecule has 0 spiro atoms. The number of nitrogens with two attached hydrogens (primary N) is 1. The van der Waals surface area contributed by atoms with Crippen LogP contribution in [0, 0.1) is 0 Å². The first-order valence-corrected chi connectivity index (χ1v) is 7.32. The van der Waals surface area contributed by atoms with Gasteiger partial charge < -0.3 is 11.1 Å². The molecule has 0 aliphatic rings. The molecule has 1 unspecified atom stereocenters. The van der Waals surface area contributed by atoms with Gasteiger partial charge in [0.1, 0.15) is 0 Å². The first kappa shape index (κ1) is 16.0. The van der Waals surface area contributed by atoms with Crippen LogP contribution in [-0.2, 0) is 0 Å². The largest absolute Gasteiger partial charge is 0.399 e. The summed E-state index contributed by atoms with van der Waals surface area (Å²) in [6, 6.07) is 9.61. The SMILES string of the molecule is CC(NC(=O)c1ccc(N)cc1Cl)c1ccc(Cl)cc1Cl. The summed E-state index contributed by atoms with van der Waals surface area (Å²) >= 11 is 18.0. The molecule has 0 fully saturated rings. The van der Waals surface area contributed by atoms with Crippen molar-refractivity contribution in [3.63, 3.8) is 0 Å². The quantitative estimate of drug-likeness (QED) is 0.792. The number of amides is 1. The third-order valence-electron chi connectivity index (χ3n) is 3.01. The molecule has 3 nitrogen and oxygen atoms in total. The molecular weight excluding hydrogens is 331 g/mol. The summed E-state index contributed by atoms with van der Waals surface area (Å²) in [7, 11) is 0. The Labute approximate surface area is 138 Å². The van der Waals surface area contributed by atoms with Crippen LogP contribution in [0.4, 0.5) is 5.69 Å². The lowest BCUT2D eigenvalue weighted by Crippen LogP contribution is -2.27. The molecule has 2 aromatic carbocycles. The van der Waals surface area contributed by atoms with Crippen molar-refractivity contribution in [2.24, 2.45) is 0 Å². The summed E-state index contributed by atoms with van der Waals surface area (Å²) in [4.78, 5) is 12.2. The Balaban J connectivity index is 2.18. The predicted octanol–water partition coefficient (Wildman–Crippen LogP) is 4.72. The minimum Gasteiger partial charge on any atom is -0.399 e. The summed E-state index contributed by atoms with van der Waals surface area (Å²) in [5.74, 6) is -0.293. The highest BCUT2D eigenvalue weighted by Gasteiger charge is 2.16. The Morgan fingerprint density at radius 2 is 1.81 bits per heavy atom. The Morgan fingerprint density at radius 1 is 1.10 bits per heavy atom. The first-order chi connectivity index (χ1) is 9.88. The lowest BCUT2D eigenvalue weighted by molar-refractivity contribution is 0.0940. The maximum absolute atomic E-state index is 12.2. The van der Waals surface area contributed by atoms with Gasteiger partial charge in [-0.1, -0.05) is 40.9 Å². The molecular formula is C15H13Cl3N2O. The smallest absolute Gasteiger partial charge is 0.253 e. The topological polar surface area (TPSA) is 55.1 Å². The second-order valence-corrected chi connectivity index (χ2v) is 5.85. The van der Waals surface area contributed by atoms with E-state index in [0.717, 1.165) is 5.56 Å². The van der Waals surface area contributed by atoms with Gasteiger partial charge in [0.2, 0.25) is 0 Å². The molecule has 0 saturated carbocycles. The van der Waals surface area contributed by atoms with Crippen LogP contribution in [0.25, 0.3) is 0 Å². The van der Waals surface area contributed by atoms with Gasteiger partial charge in [-0.2, -0.15) is 0 Å². The predicted molar refractivity (Wildman–Crippen MR) is 88.2 cm³/mol. The Bertz CT molecular complexity index is 689.